The highest BCUT2D eigenvalue weighted by Crippen LogP contribution is 2.36. The minimum absolute atomic E-state index is 0.0885. The number of carboxylic acids is 1. The maximum Gasteiger partial charge on any atom is 0.338 e. The van der Waals surface area contributed by atoms with E-state index in [-0.39, 0.29) is 29.4 Å². The Labute approximate surface area is 250 Å². The second-order valence-corrected chi connectivity index (χ2v) is 10.9. The molecule has 0 bridgehead atoms. The Kier molecular flexibility index (Phi) is 8.36. The van der Waals surface area contributed by atoms with Gasteiger partial charge in [-0.1, -0.05) is 35.6 Å². The number of methoxy groups -OCH3 is 1. The Morgan fingerprint density at radius 3 is 2.60 bits per heavy atom. The van der Waals surface area contributed by atoms with Crippen molar-refractivity contribution >= 4 is 29.4 Å². The number of fused-ring (bicyclic) bond motifs is 1. The zero-order valence-corrected chi connectivity index (χ0v) is 25.1. The number of nitrogens with zero attached hydrogens (tertiary/aromatic N) is 2. The van der Waals surface area contributed by atoms with E-state index in [9.17, 15) is 19.5 Å². The van der Waals surface area contributed by atoms with Gasteiger partial charge in [-0.3, -0.25) is 9.36 Å². The van der Waals surface area contributed by atoms with Gasteiger partial charge in [0.1, 0.15) is 11.5 Å². The Hall–Kier alpha value is -4.90. The van der Waals surface area contributed by atoms with Gasteiger partial charge in [-0.2, -0.15) is 0 Å². The number of allylic oxidation sites excluding steroid dienone is 1. The topological polar surface area (TPSA) is 130 Å². The number of aromatic carboxylic acids is 1. The van der Waals surface area contributed by atoms with Crippen LogP contribution in [-0.2, 0) is 9.53 Å². The summed E-state index contributed by atoms with van der Waals surface area (Å²) in [7, 11) is 1.53. The van der Waals surface area contributed by atoms with Crippen LogP contribution in [0.1, 0.15) is 55.4 Å². The standard InChI is InChI=1S/C32H30N2O8S/c1-6-40-31(38)27-18(4)33-32-34(28(27)19-11-13-24(41-17(2)3)25(15-19)39-5)29(35)26(43-32)16-20-12-14-23(42-20)21-9-7-8-10-22(21)30(36)37/h7-17,28H,6H2,1-5H3,(H,36,37)/b26-16-/t28-/m0/s1. The second kappa shape index (κ2) is 12.1. The summed E-state index contributed by atoms with van der Waals surface area (Å²) in [4.78, 5) is 43.9. The lowest BCUT2D eigenvalue weighted by Gasteiger charge is -2.25. The van der Waals surface area contributed by atoms with E-state index in [4.69, 9.17) is 18.6 Å². The highest BCUT2D eigenvalue weighted by atomic mass is 32.1. The molecule has 0 aliphatic carbocycles. The van der Waals surface area contributed by atoms with E-state index >= 15 is 0 Å². The molecule has 2 aromatic carbocycles. The van der Waals surface area contributed by atoms with Gasteiger partial charge < -0.3 is 23.7 Å². The molecule has 4 aromatic rings. The molecule has 2 aromatic heterocycles. The van der Waals surface area contributed by atoms with Crippen LogP contribution >= 0.6 is 11.3 Å². The first-order chi connectivity index (χ1) is 20.6. The molecular formula is C32H30N2O8S. The monoisotopic (exact) mass is 602 g/mol. The summed E-state index contributed by atoms with van der Waals surface area (Å²) in [5.74, 6) is 0.0507. The molecule has 222 valence electrons. The first-order valence-corrected chi connectivity index (χ1v) is 14.4. The van der Waals surface area contributed by atoms with Crippen LogP contribution in [0.15, 0.2) is 80.1 Å². The van der Waals surface area contributed by atoms with E-state index in [2.05, 4.69) is 4.99 Å². The van der Waals surface area contributed by atoms with Gasteiger partial charge in [-0.15, -0.1) is 0 Å². The minimum Gasteiger partial charge on any atom is -0.493 e. The average Bonchev–Trinajstić information content (AvgIpc) is 3.56. The van der Waals surface area contributed by atoms with Crippen LogP contribution in [0.2, 0.25) is 0 Å². The van der Waals surface area contributed by atoms with E-state index in [1.807, 2.05) is 13.8 Å². The van der Waals surface area contributed by atoms with Crippen molar-refractivity contribution in [3.8, 4) is 22.8 Å². The molecule has 5 rings (SSSR count). The Morgan fingerprint density at radius 2 is 1.91 bits per heavy atom. The van der Waals surface area contributed by atoms with Crippen molar-refractivity contribution in [3.05, 3.63) is 102 Å². The molecule has 1 N–H and O–H groups in total. The van der Waals surface area contributed by atoms with E-state index in [0.717, 1.165) is 11.3 Å². The van der Waals surface area contributed by atoms with Crippen molar-refractivity contribution < 1.29 is 33.3 Å². The molecule has 0 radical (unpaired) electrons. The van der Waals surface area contributed by atoms with Gasteiger partial charge in [0.2, 0.25) is 0 Å². The third-order valence-electron chi connectivity index (χ3n) is 6.71. The van der Waals surface area contributed by atoms with Gasteiger partial charge in [0.05, 0.1) is 47.2 Å². The third kappa shape index (κ3) is 5.76. The first-order valence-electron chi connectivity index (χ1n) is 13.6. The summed E-state index contributed by atoms with van der Waals surface area (Å²) in [5.41, 5.74) is 1.43. The molecular weight excluding hydrogens is 572 g/mol. The fourth-order valence-electron chi connectivity index (χ4n) is 4.90. The number of aromatic nitrogens is 1. The average molecular weight is 603 g/mol. The van der Waals surface area contributed by atoms with Crippen molar-refractivity contribution in [1.82, 2.24) is 4.57 Å². The molecule has 43 heavy (non-hydrogen) atoms. The maximum atomic E-state index is 14.0. The number of thiazole rings is 1. The van der Waals surface area contributed by atoms with Crippen LogP contribution in [0.5, 0.6) is 11.5 Å². The van der Waals surface area contributed by atoms with Crippen LogP contribution in [0, 0.1) is 0 Å². The molecule has 10 nitrogen and oxygen atoms in total. The van der Waals surface area contributed by atoms with Crippen LogP contribution < -0.4 is 24.4 Å². The lowest BCUT2D eigenvalue weighted by Crippen LogP contribution is -2.40. The molecule has 0 saturated carbocycles. The molecule has 3 heterocycles. The van der Waals surface area contributed by atoms with Crippen LogP contribution in [-0.4, -0.2) is 41.4 Å². The molecule has 0 amide bonds. The number of benzene rings is 2. The molecule has 1 atom stereocenters. The quantitative estimate of drug-likeness (QED) is 0.276. The molecule has 0 saturated heterocycles. The van der Waals surface area contributed by atoms with Crippen molar-refractivity contribution in [2.75, 3.05) is 13.7 Å². The van der Waals surface area contributed by atoms with Crippen LogP contribution in [0.4, 0.5) is 0 Å². The normalized spacial score (nSPS) is 14.8. The summed E-state index contributed by atoms with van der Waals surface area (Å²) in [5, 5.41) is 9.57. The van der Waals surface area contributed by atoms with E-state index in [1.165, 1.54) is 17.7 Å². The van der Waals surface area contributed by atoms with Crippen LogP contribution in [0.3, 0.4) is 0 Å². The zero-order chi connectivity index (χ0) is 30.8. The smallest absolute Gasteiger partial charge is 0.338 e. The molecule has 0 spiro atoms. The maximum absolute atomic E-state index is 14.0. The number of hydrogen-bond donors (Lipinski definition) is 1. The Morgan fingerprint density at radius 1 is 1.14 bits per heavy atom. The highest BCUT2D eigenvalue weighted by Gasteiger charge is 2.34. The van der Waals surface area contributed by atoms with Crippen molar-refractivity contribution in [2.24, 2.45) is 4.99 Å². The lowest BCUT2D eigenvalue weighted by molar-refractivity contribution is -0.139. The summed E-state index contributed by atoms with van der Waals surface area (Å²) in [6.45, 7) is 7.39. The predicted molar refractivity (Wildman–Crippen MR) is 160 cm³/mol. The van der Waals surface area contributed by atoms with Gasteiger partial charge in [-0.05, 0) is 63.6 Å². The zero-order valence-electron chi connectivity index (χ0n) is 24.2. The van der Waals surface area contributed by atoms with E-state index in [1.54, 1.807) is 68.5 Å². The number of furan rings is 1. The number of hydrogen-bond acceptors (Lipinski definition) is 9. The number of esters is 1. The second-order valence-electron chi connectivity index (χ2n) is 9.93. The SMILES string of the molecule is CCOC(=O)C1=C(C)N=c2s/c(=C\c3ccc(-c4ccccc4C(=O)O)o3)c(=O)n2[C@H]1c1ccc(OC(C)C)c(OC)c1. The van der Waals surface area contributed by atoms with E-state index < -0.39 is 18.0 Å². The van der Waals surface area contributed by atoms with Crippen LogP contribution in [0.25, 0.3) is 17.4 Å². The molecule has 1 aliphatic heterocycles. The predicted octanol–water partition coefficient (Wildman–Crippen LogP) is 4.55. The Balaban J connectivity index is 1.65. The number of rotatable bonds is 9. The first kappa shape index (κ1) is 29.6. The summed E-state index contributed by atoms with van der Waals surface area (Å²) >= 11 is 1.15. The Bertz CT molecular complexity index is 1930. The van der Waals surface area contributed by atoms with Crippen molar-refractivity contribution in [1.29, 1.82) is 0 Å². The van der Waals surface area contributed by atoms with Gasteiger partial charge >= 0.3 is 11.9 Å². The number of carboxylic acid groups (broad SMARTS) is 1. The minimum atomic E-state index is -1.07. The van der Waals surface area contributed by atoms with E-state index in [0.29, 0.717) is 49.2 Å². The lowest BCUT2D eigenvalue weighted by atomic mass is 9.95. The van der Waals surface area contributed by atoms with Crippen molar-refractivity contribution in [3.63, 3.8) is 0 Å². The fourth-order valence-corrected chi connectivity index (χ4v) is 5.93. The van der Waals surface area contributed by atoms with Gasteiger partial charge in [-0.25, -0.2) is 14.6 Å². The largest absolute Gasteiger partial charge is 0.493 e. The summed E-state index contributed by atoms with van der Waals surface area (Å²) < 4.78 is 24.6. The number of ether oxygens (including phenoxy) is 3. The molecule has 1 aliphatic rings. The molecule has 0 fully saturated rings. The van der Waals surface area contributed by atoms with Gasteiger partial charge in [0, 0.05) is 11.6 Å². The molecule has 0 unspecified atom stereocenters. The number of carbonyl (C=O) groups is 2. The summed E-state index contributed by atoms with van der Waals surface area (Å²) in [6.07, 6.45) is 1.49. The van der Waals surface area contributed by atoms with Gasteiger partial charge in [0.15, 0.2) is 16.3 Å². The fraction of sp³-hybridized carbons (Fsp3) is 0.250. The summed E-state index contributed by atoms with van der Waals surface area (Å²) in [6, 6.07) is 14.3. The van der Waals surface area contributed by atoms with Crippen molar-refractivity contribution in [2.45, 2.75) is 39.8 Å². The number of carbonyl (C=O) groups excluding carboxylic acids is 1. The third-order valence-corrected chi connectivity index (χ3v) is 7.69. The molecule has 11 heteroatoms. The van der Waals surface area contributed by atoms with Gasteiger partial charge in [0.25, 0.3) is 5.56 Å². The highest BCUT2D eigenvalue weighted by molar-refractivity contribution is 7.07.